The molecule has 0 aliphatic carbocycles. The van der Waals surface area contributed by atoms with E-state index in [2.05, 4.69) is 13.2 Å². The molecule has 0 bridgehead atoms. The minimum Gasteiger partial charge on any atom is -0.458 e. The first-order valence-electron chi connectivity index (χ1n) is 6.07. The lowest BCUT2D eigenvalue weighted by Gasteiger charge is -2.06. The average Bonchev–Trinajstić information content (AvgIpc) is 2.62. The van der Waals surface area contributed by atoms with Gasteiger partial charge < -0.3 is 4.74 Å². The largest absolute Gasteiger partial charge is 0.458 e. The number of hydrogen-bond acceptors (Lipinski definition) is 3. The number of benzene rings is 1. The molecule has 20 heavy (non-hydrogen) atoms. The van der Waals surface area contributed by atoms with Gasteiger partial charge >= 0.3 is 0 Å². The number of carbonyl (C=O) groups excluding carboxylic acids is 2. The Balaban J connectivity index is 2.21. The third-order valence-corrected chi connectivity index (χ3v) is 2.86. The molecule has 0 spiro atoms. The van der Waals surface area contributed by atoms with Gasteiger partial charge in [0.15, 0.2) is 0 Å². The van der Waals surface area contributed by atoms with Crippen LogP contribution in [0.5, 0.6) is 5.75 Å². The molecule has 1 aliphatic heterocycles. The van der Waals surface area contributed by atoms with Crippen molar-refractivity contribution in [2.24, 2.45) is 0 Å². The summed E-state index contributed by atoms with van der Waals surface area (Å²) in [5, 5.41) is 0. The van der Waals surface area contributed by atoms with Crippen molar-refractivity contribution in [3.63, 3.8) is 0 Å². The number of rotatable bonds is 4. The van der Waals surface area contributed by atoms with Crippen molar-refractivity contribution in [3.05, 3.63) is 66.0 Å². The Kier molecular flexibility index (Phi) is 3.57. The number of allylic oxidation sites excluding steroid dienone is 3. The van der Waals surface area contributed by atoms with Crippen molar-refractivity contribution in [2.75, 3.05) is 7.05 Å². The van der Waals surface area contributed by atoms with E-state index in [0.717, 1.165) is 10.5 Å². The van der Waals surface area contributed by atoms with Crippen LogP contribution in [0.1, 0.15) is 27.6 Å². The van der Waals surface area contributed by atoms with E-state index in [1.165, 1.54) is 7.05 Å². The van der Waals surface area contributed by atoms with Gasteiger partial charge in [0.1, 0.15) is 11.5 Å². The van der Waals surface area contributed by atoms with E-state index in [-0.39, 0.29) is 11.8 Å². The normalized spacial score (nSPS) is 13.8. The lowest BCUT2D eigenvalue weighted by atomic mass is 10.1. The van der Waals surface area contributed by atoms with Crippen LogP contribution >= 0.6 is 0 Å². The van der Waals surface area contributed by atoms with Crippen molar-refractivity contribution in [1.29, 1.82) is 0 Å². The third kappa shape index (κ3) is 2.54. The predicted octanol–water partition coefficient (Wildman–Crippen LogP) is 2.94. The molecule has 1 aliphatic rings. The van der Waals surface area contributed by atoms with Crippen molar-refractivity contribution in [1.82, 2.24) is 4.90 Å². The summed E-state index contributed by atoms with van der Waals surface area (Å²) in [4.78, 5) is 24.7. The van der Waals surface area contributed by atoms with Gasteiger partial charge in [0.25, 0.3) is 11.8 Å². The molecule has 0 saturated carbocycles. The van der Waals surface area contributed by atoms with Crippen LogP contribution in [0.4, 0.5) is 0 Å². The highest BCUT2D eigenvalue weighted by Gasteiger charge is 2.32. The molecule has 4 heteroatoms. The van der Waals surface area contributed by atoms with Crippen LogP contribution in [0.2, 0.25) is 0 Å². The van der Waals surface area contributed by atoms with Gasteiger partial charge in [-0.15, -0.1) is 0 Å². The van der Waals surface area contributed by atoms with Gasteiger partial charge in [-0.25, -0.2) is 0 Å². The van der Waals surface area contributed by atoms with Crippen LogP contribution in [0, 0.1) is 0 Å². The molecule has 0 unspecified atom stereocenters. The number of nitrogens with zero attached hydrogens (tertiary/aromatic N) is 1. The Morgan fingerprint density at radius 1 is 1.15 bits per heavy atom. The standard InChI is InChI=1S/C16H15NO3/c1-10(2)5-6-11(3)20-12-7-8-13-14(9-12)16(19)17(4)15(13)18/h5-9H,1,3H2,2,4H3/b6-5-. The quantitative estimate of drug-likeness (QED) is 0.479. The van der Waals surface area contributed by atoms with Gasteiger partial charge in [-0.1, -0.05) is 24.8 Å². The van der Waals surface area contributed by atoms with Crippen molar-refractivity contribution >= 4 is 11.8 Å². The Hall–Kier alpha value is -2.62. The lowest BCUT2D eigenvalue weighted by Crippen LogP contribution is -2.24. The maximum Gasteiger partial charge on any atom is 0.261 e. The maximum atomic E-state index is 11.9. The zero-order valence-corrected chi connectivity index (χ0v) is 11.5. The van der Waals surface area contributed by atoms with E-state index in [1.54, 1.807) is 30.4 Å². The summed E-state index contributed by atoms with van der Waals surface area (Å²) in [7, 11) is 1.46. The third-order valence-electron chi connectivity index (χ3n) is 2.86. The van der Waals surface area contributed by atoms with E-state index in [4.69, 9.17) is 4.74 Å². The molecule has 4 nitrogen and oxygen atoms in total. The zero-order valence-electron chi connectivity index (χ0n) is 11.5. The minimum atomic E-state index is -0.321. The number of fused-ring (bicyclic) bond motifs is 1. The Bertz CT molecular complexity index is 656. The first-order valence-corrected chi connectivity index (χ1v) is 6.07. The summed E-state index contributed by atoms with van der Waals surface area (Å²) >= 11 is 0. The van der Waals surface area contributed by atoms with Gasteiger partial charge in [0.2, 0.25) is 0 Å². The molecule has 0 aromatic heterocycles. The van der Waals surface area contributed by atoms with E-state index >= 15 is 0 Å². The molecular formula is C16H15NO3. The van der Waals surface area contributed by atoms with E-state index in [9.17, 15) is 9.59 Å². The second-order valence-corrected chi connectivity index (χ2v) is 4.62. The van der Waals surface area contributed by atoms with Gasteiger partial charge in [-0.2, -0.15) is 0 Å². The van der Waals surface area contributed by atoms with Crippen LogP contribution in [-0.2, 0) is 0 Å². The van der Waals surface area contributed by atoms with Crippen LogP contribution < -0.4 is 4.74 Å². The first kappa shape index (κ1) is 13.8. The van der Waals surface area contributed by atoms with Gasteiger partial charge in [-0.05, 0) is 31.2 Å². The molecule has 1 heterocycles. The van der Waals surface area contributed by atoms with Crippen molar-refractivity contribution in [3.8, 4) is 5.75 Å². The summed E-state index contributed by atoms with van der Waals surface area (Å²) in [6, 6.07) is 4.78. The van der Waals surface area contributed by atoms with E-state index in [0.29, 0.717) is 22.6 Å². The monoisotopic (exact) mass is 269 g/mol. The lowest BCUT2D eigenvalue weighted by molar-refractivity contribution is 0.0693. The molecule has 0 N–H and O–H groups in total. The molecule has 0 saturated heterocycles. The highest BCUT2D eigenvalue weighted by molar-refractivity contribution is 6.21. The number of carbonyl (C=O) groups is 2. The molecule has 0 fully saturated rings. The van der Waals surface area contributed by atoms with Crippen LogP contribution in [-0.4, -0.2) is 23.8 Å². The molecular weight excluding hydrogens is 254 g/mol. The fourth-order valence-electron chi connectivity index (χ4n) is 1.82. The van der Waals surface area contributed by atoms with Gasteiger partial charge in [0.05, 0.1) is 11.1 Å². The van der Waals surface area contributed by atoms with Gasteiger partial charge in [0, 0.05) is 7.05 Å². The second kappa shape index (κ2) is 5.17. The summed E-state index contributed by atoms with van der Waals surface area (Å²) in [5.41, 5.74) is 1.63. The summed E-state index contributed by atoms with van der Waals surface area (Å²) in [6.45, 7) is 9.35. The summed E-state index contributed by atoms with van der Waals surface area (Å²) in [5.74, 6) is 0.283. The Morgan fingerprint density at radius 2 is 1.80 bits per heavy atom. The highest BCUT2D eigenvalue weighted by Crippen LogP contribution is 2.26. The number of imide groups is 1. The van der Waals surface area contributed by atoms with Crippen LogP contribution in [0.15, 0.2) is 54.8 Å². The highest BCUT2D eigenvalue weighted by atomic mass is 16.5. The van der Waals surface area contributed by atoms with Crippen LogP contribution in [0.3, 0.4) is 0 Å². The topological polar surface area (TPSA) is 46.6 Å². The first-order chi connectivity index (χ1) is 9.40. The molecule has 2 rings (SSSR count). The predicted molar refractivity (Wildman–Crippen MR) is 76.6 cm³/mol. The second-order valence-electron chi connectivity index (χ2n) is 4.62. The van der Waals surface area contributed by atoms with Crippen LogP contribution in [0.25, 0.3) is 0 Å². The number of hydrogen-bond donors (Lipinski definition) is 0. The number of amides is 2. The smallest absolute Gasteiger partial charge is 0.261 e. The van der Waals surface area contributed by atoms with E-state index < -0.39 is 0 Å². The molecule has 1 aromatic rings. The Morgan fingerprint density at radius 3 is 2.45 bits per heavy atom. The minimum absolute atomic E-state index is 0.294. The fraction of sp³-hybridized carbons (Fsp3) is 0.125. The van der Waals surface area contributed by atoms with Gasteiger partial charge in [-0.3, -0.25) is 14.5 Å². The zero-order chi connectivity index (χ0) is 14.9. The Labute approximate surface area is 117 Å². The SMILES string of the molecule is C=C(C)/C=C\C(=C)Oc1ccc2c(c1)C(=O)N(C)C2=O. The maximum absolute atomic E-state index is 11.9. The molecule has 0 radical (unpaired) electrons. The molecule has 2 amide bonds. The fourth-order valence-corrected chi connectivity index (χ4v) is 1.82. The molecule has 1 aromatic carbocycles. The number of ether oxygens (including phenoxy) is 1. The van der Waals surface area contributed by atoms with E-state index in [1.807, 2.05) is 6.92 Å². The molecule has 0 atom stereocenters. The molecule has 102 valence electrons. The summed E-state index contributed by atoms with van der Waals surface area (Å²) in [6.07, 6.45) is 3.47. The van der Waals surface area contributed by atoms with Crippen molar-refractivity contribution in [2.45, 2.75) is 6.92 Å². The van der Waals surface area contributed by atoms with Crippen molar-refractivity contribution < 1.29 is 14.3 Å². The average molecular weight is 269 g/mol. The summed E-state index contributed by atoms with van der Waals surface area (Å²) < 4.78 is 5.50.